The van der Waals surface area contributed by atoms with Gasteiger partial charge in [-0.1, -0.05) is 47.6 Å². The Balaban J connectivity index is 1.70. The molecule has 1 atom stereocenters. The Labute approximate surface area is 167 Å². The number of hydrogen-bond donors (Lipinski definition) is 0. The van der Waals surface area contributed by atoms with E-state index in [0.717, 1.165) is 22.9 Å². The summed E-state index contributed by atoms with van der Waals surface area (Å²) in [6.07, 6.45) is 0.465. The van der Waals surface area contributed by atoms with Crippen LogP contribution in [-0.4, -0.2) is 35.0 Å². The van der Waals surface area contributed by atoms with Crippen LogP contribution in [-0.2, 0) is 17.8 Å². The molecule has 0 aliphatic carbocycles. The molecule has 0 spiro atoms. The average molecular weight is 406 g/mol. The van der Waals surface area contributed by atoms with Crippen LogP contribution in [0.3, 0.4) is 0 Å². The second-order valence-corrected chi connectivity index (χ2v) is 7.59. The van der Waals surface area contributed by atoms with Crippen molar-refractivity contribution < 1.29 is 19.1 Å². The van der Waals surface area contributed by atoms with Crippen LogP contribution in [0.2, 0.25) is 5.02 Å². The van der Waals surface area contributed by atoms with Crippen LogP contribution >= 0.6 is 23.4 Å². The number of amides is 2. The van der Waals surface area contributed by atoms with E-state index in [4.69, 9.17) is 21.1 Å². The molecule has 2 aromatic carbocycles. The van der Waals surface area contributed by atoms with Gasteiger partial charge in [-0.3, -0.25) is 14.5 Å². The summed E-state index contributed by atoms with van der Waals surface area (Å²) in [6.45, 7) is 2.53. The maximum Gasteiger partial charge on any atom is 0.289 e. The van der Waals surface area contributed by atoms with Crippen molar-refractivity contribution >= 4 is 34.5 Å². The Kier molecular flexibility index (Phi) is 6.29. The van der Waals surface area contributed by atoms with Crippen LogP contribution in [0, 0.1) is 0 Å². The number of methoxy groups -OCH3 is 1. The zero-order valence-electron chi connectivity index (χ0n) is 15.1. The highest BCUT2D eigenvalue weighted by molar-refractivity contribution is 8.15. The van der Waals surface area contributed by atoms with E-state index in [2.05, 4.69) is 0 Å². The van der Waals surface area contributed by atoms with Crippen molar-refractivity contribution in [3.05, 3.63) is 58.6 Å². The van der Waals surface area contributed by atoms with Gasteiger partial charge >= 0.3 is 0 Å². The highest BCUT2D eigenvalue weighted by Gasteiger charge is 2.38. The lowest BCUT2D eigenvalue weighted by molar-refractivity contribution is -0.126. The van der Waals surface area contributed by atoms with Crippen LogP contribution in [0.15, 0.2) is 42.5 Å². The molecule has 1 saturated heterocycles. The van der Waals surface area contributed by atoms with Gasteiger partial charge in [-0.2, -0.15) is 0 Å². The maximum absolute atomic E-state index is 12.3. The monoisotopic (exact) mass is 405 g/mol. The number of imide groups is 1. The molecule has 7 heteroatoms. The summed E-state index contributed by atoms with van der Waals surface area (Å²) in [4.78, 5) is 25.4. The summed E-state index contributed by atoms with van der Waals surface area (Å²) in [5, 5.41) is 0.0752. The van der Waals surface area contributed by atoms with Crippen molar-refractivity contribution in [1.29, 1.82) is 0 Å². The third-order valence-electron chi connectivity index (χ3n) is 4.31. The second kappa shape index (κ2) is 8.67. The van der Waals surface area contributed by atoms with E-state index < -0.39 is 5.25 Å². The van der Waals surface area contributed by atoms with Gasteiger partial charge in [0.1, 0.15) is 6.61 Å². The van der Waals surface area contributed by atoms with E-state index in [1.807, 2.05) is 42.5 Å². The molecular weight excluding hydrogens is 386 g/mol. The minimum atomic E-state index is -0.392. The molecule has 0 bridgehead atoms. The van der Waals surface area contributed by atoms with E-state index in [1.54, 1.807) is 14.0 Å². The van der Waals surface area contributed by atoms with Crippen molar-refractivity contribution in [2.75, 3.05) is 13.7 Å². The Hall–Kier alpha value is -2.18. The minimum absolute atomic E-state index is 0.134. The molecule has 1 heterocycles. The van der Waals surface area contributed by atoms with Crippen molar-refractivity contribution in [2.45, 2.75) is 25.2 Å². The van der Waals surface area contributed by atoms with E-state index >= 15 is 0 Å². The van der Waals surface area contributed by atoms with Gasteiger partial charge in [-0.15, -0.1) is 0 Å². The number of carbonyl (C=O) groups excluding carboxylic acids is 2. The van der Waals surface area contributed by atoms with E-state index in [0.29, 0.717) is 36.1 Å². The molecule has 0 radical (unpaired) electrons. The quantitative estimate of drug-likeness (QED) is 0.676. The molecule has 2 aromatic rings. The standard InChI is InChI=1S/C20H20ClNO4S/c1-3-22-19(23)18(27-20(22)24)11-13-8-9-16(17(10-13)25-2)26-12-14-6-4-5-7-15(14)21/h4-10,18H,3,11-12H2,1-2H3/t18-/m1/s1. The predicted octanol–water partition coefficient (Wildman–Crippen LogP) is 4.55. The normalized spacial score (nSPS) is 16.7. The van der Waals surface area contributed by atoms with Gasteiger partial charge in [0, 0.05) is 17.1 Å². The first-order valence-corrected chi connectivity index (χ1v) is 9.84. The lowest BCUT2D eigenvalue weighted by Crippen LogP contribution is -2.31. The number of carbonyl (C=O) groups is 2. The predicted molar refractivity (Wildman–Crippen MR) is 107 cm³/mol. The molecule has 0 saturated carbocycles. The van der Waals surface area contributed by atoms with E-state index in [-0.39, 0.29) is 11.1 Å². The fourth-order valence-electron chi connectivity index (χ4n) is 2.86. The van der Waals surface area contributed by atoms with Gasteiger partial charge in [-0.05, 0) is 37.1 Å². The van der Waals surface area contributed by atoms with Crippen LogP contribution in [0.4, 0.5) is 4.79 Å². The lowest BCUT2D eigenvalue weighted by atomic mass is 10.1. The topological polar surface area (TPSA) is 55.8 Å². The van der Waals surface area contributed by atoms with Crippen LogP contribution < -0.4 is 9.47 Å². The average Bonchev–Trinajstić information content (AvgIpc) is 2.94. The number of halogens is 1. The first-order chi connectivity index (χ1) is 13.0. The van der Waals surface area contributed by atoms with E-state index in [1.165, 1.54) is 4.90 Å². The van der Waals surface area contributed by atoms with Gasteiger partial charge in [0.25, 0.3) is 5.24 Å². The fourth-order valence-corrected chi connectivity index (χ4v) is 4.14. The summed E-state index contributed by atoms with van der Waals surface area (Å²) < 4.78 is 11.3. The van der Waals surface area contributed by atoms with Gasteiger partial charge in [-0.25, -0.2) is 0 Å². The minimum Gasteiger partial charge on any atom is -0.493 e. The number of nitrogens with zero attached hydrogens (tertiary/aromatic N) is 1. The smallest absolute Gasteiger partial charge is 0.289 e. The van der Waals surface area contributed by atoms with Crippen molar-refractivity contribution in [1.82, 2.24) is 4.90 Å². The number of thioether (sulfide) groups is 1. The third-order valence-corrected chi connectivity index (χ3v) is 5.75. The molecule has 0 unspecified atom stereocenters. The van der Waals surface area contributed by atoms with Crippen LogP contribution in [0.25, 0.3) is 0 Å². The SMILES string of the molecule is CCN1C(=O)S[C@H](Cc2ccc(OCc3ccccc3Cl)c(OC)c2)C1=O. The highest BCUT2D eigenvalue weighted by Crippen LogP contribution is 2.33. The Morgan fingerprint density at radius 3 is 2.59 bits per heavy atom. The Morgan fingerprint density at radius 1 is 1.15 bits per heavy atom. The largest absolute Gasteiger partial charge is 0.493 e. The number of ether oxygens (including phenoxy) is 2. The Bertz CT molecular complexity index is 858. The van der Waals surface area contributed by atoms with Gasteiger partial charge < -0.3 is 9.47 Å². The lowest BCUT2D eigenvalue weighted by Gasteiger charge is -2.14. The third kappa shape index (κ3) is 4.39. The summed E-state index contributed by atoms with van der Waals surface area (Å²) in [5.41, 5.74) is 1.80. The van der Waals surface area contributed by atoms with Gasteiger partial charge in [0.2, 0.25) is 5.91 Å². The summed E-state index contributed by atoms with van der Waals surface area (Å²) in [7, 11) is 1.57. The van der Waals surface area contributed by atoms with Crippen molar-refractivity contribution in [3.63, 3.8) is 0 Å². The number of hydrogen-bond acceptors (Lipinski definition) is 5. The molecule has 142 valence electrons. The zero-order valence-corrected chi connectivity index (χ0v) is 16.7. The first-order valence-electron chi connectivity index (χ1n) is 8.58. The van der Waals surface area contributed by atoms with E-state index in [9.17, 15) is 9.59 Å². The molecule has 27 heavy (non-hydrogen) atoms. The molecule has 0 N–H and O–H groups in total. The molecule has 2 amide bonds. The molecule has 5 nitrogen and oxygen atoms in total. The van der Waals surface area contributed by atoms with Crippen molar-refractivity contribution in [3.8, 4) is 11.5 Å². The summed E-state index contributed by atoms with van der Waals surface area (Å²) in [6, 6.07) is 13.0. The molecule has 3 rings (SSSR count). The molecule has 0 aromatic heterocycles. The molecule has 1 fully saturated rings. The summed E-state index contributed by atoms with van der Waals surface area (Å²) in [5.74, 6) is 1.04. The zero-order chi connectivity index (χ0) is 19.4. The maximum atomic E-state index is 12.3. The molecule has 1 aliphatic heterocycles. The summed E-state index contributed by atoms with van der Waals surface area (Å²) >= 11 is 7.24. The van der Waals surface area contributed by atoms with Gasteiger partial charge in [0.05, 0.1) is 12.4 Å². The van der Waals surface area contributed by atoms with Crippen LogP contribution in [0.1, 0.15) is 18.1 Å². The highest BCUT2D eigenvalue weighted by atomic mass is 35.5. The second-order valence-electron chi connectivity index (χ2n) is 6.02. The fraction of sp³-hybridized carbons (Fsp3) is 0.300. The van der Waals surface area contributed by atoms with Crippen molar-refractivity contribution in [2.24, 2.45) is 0 Å². The number of benzene rings is 2. The molecular formula is C20H20ClNO4S. The van der Waals surface area contributed by atoms with Crippen LogP contribution in [0.5, 0.6) is 11.5 Å². The number of rotatable bonds is 7. The molecule has 1 aliphatic rings. The first kappa shape index (κ1) is 19.6. The van der Waals surface area contributed by atoms with Gasteiger partial charge in [0.15, 0.2) is 11.5 Å². The Morgan fingerprint density at radius 2 is 1.93 bits per heavy atom.